The van der Waals surface area contributed by atoms with Crippen molar-refractivity contribution in [1.82, 2.24) is 20.2 Å². The fourth-order valence-electron chi connectivity index (χ4n) is 4.63. The van der Waals surface area contributed by atoms with E-state index in [1.807, 2.05) is 4.98 Å². The van der Waals surface area contributed by atoms with Crippen LogP contribution in [-0.4, -0.2) is 65.6 Å². The van der Waals surface area contributed by atoms with Crippen LogP contribution >= 0.6 is 0 Å². The summed E-state index contributed by atoms with van der Waals surface area (Å²) in [6.45, 7) is 5.42. The minimum absolute atomic E-state index is 0.0763. The van der Waals surface area contributed by atoms with E-state index in [0.29, 0.717) is 26.1 Å². The van der Waals surface area contributed by atoms with Crippen LogP contribution in [0.15, 0.2) is 21.9 Å². The Hall–Kier alpha value is -3.22. The van der Waals surface area contributed by atoms with Crippen LogP contribution in [0.1, 0.15) is 104 Å². The van der Waals surface area contributed by atoms with Gasteiger partial charge in [-0.3, -0.25) is 23.9 Å². The number of alkyl halides is 1. The molecule has 1 aromatic rings. The first-order valence-electron chi connectivity index (χ1n) is 15.2. The standard InChI is InChI=1S/C29H47FN4O8/c1-3-5-17-32-29(39)40-20-13-11-9-7-6-8-10-12-18-31-22(35)14-15-24(37)42-26-21(4-2)41-27(25(26)30)34-19-16-23(36)33-28(34)38/h16,19,21,25-27H,3-15,17-18,20H2,1-2H3,(H,31,35)(H,32,39)(H,33,36,38)/t21-,25?,26+,27-/m1/s1. The number of halogens is 1. The summed E-state index contributed by atoms with van der Waals surface area (Å²) in [5.41, 5.74) is -1.44. The van der Waals surface area contributed by atoms with Crippen molar-refractivity contribution in [1.29, 1.82) is 0 Å². The van der Waals surface area contributed by atoms with Gasteiger partial charge in [0.1, 0.15) is 6.10 Å². The molecule has 0 aliphatic carbocycles. The molecule has 2 heterocycles. The predicted octanol–water partition coefficient (Wildman–Crippen LogP) is 3.64. The molecule has 1 saturated heterocycles. The number of aromatic nitrogens is 2. The van der Waals surface area contributed by atoms with E-state index in [2.05, 4.69) is 17.6 Å². The number of alkyl carbamates (subject to hydrolysis) is 1. The highest BCUT2D eigenvalue weighted by Crippen LogP contribution is 2.34. The molecule has 4 atom stereocenters. The molecule has 1 aromatic heterocycles. The van der Waals surface area contributed by atoms with E-state index in [1.165, 1.54) is 0 Å². The second kappa shape index (κ2) is 19.8. The first kappa shape index (κ1) is 35.0. The second-order valence-corrected chi connectivity index (χ2v) is 10.5. The zero-order valence-corrected chi connectivity index (χ0v) is 24.9. The van der Waals surface area contributed by atoms with E-state index < -0.39 is 41.8 Å². The molecular weight excluding hydrogens is 551 g/mol. The first-order chi connectivity index (χ1) is 20.3. The molecule has 0 saturated carbocycles. The van der Waals surface area contributed by atoms with Gasteiger partial charge in [-0.2, -0.15) is 0 Å². The first-order valence-corrected chi connectivity index (χ1v) is 15.2. The average molecular weight is 599 g/mol. The molecule has 12 nitrogen and oxygen atoms in total. The lowest BCUT2D eigenvalue weighted by molar-refractivity contribution is -0.154. The molecule has 0 spiro atoms. The van der Waals surface area contributed by atoms with E-state index in [1.54, 1.807) is 6.92 Å². The van der Waals surface area contributed by atoms with E-state index in [4.69, 9.17) is 14.2 Å². The van der Waals surface area contributed by atoms with Crippen LogP contribution in [0.25, 0.3) is 0 Å². The number of nitrogens with one attached hydrogen (secondary N) is 3. The SMILES string of the molecule is CCCCNC(=O)OCCCCCCCCCCNC(=O)CCC(=O)O[C@@H]1C(F)[C@H](n2ccc(=O)[nH]c2=O)O[C@@H]1CC. The highest BCUT2D eigenvalue weighted by Gasteiger charge is 2.48. The topological polar surface area (TPSA) is 158 Å². The lowest BCUT2D eigenvalue weighted by atomic mass is 10.1. The molecule has 1 aliphatic rings. The van der Waals surface area contributed by atoms with Gasteiger partial charge in [-0.1, -0.05) is 58.8 Å². The van der Waals surface area contributed by atoms with Gasteiger partial charge in [-0.25, -0.2) is 14.0 Å². The summed E-state index contributed by atoms with van der Waals surface area (Å²) >= 11 is 0. The molecule has 1 fully saturated rings. The van der Waals surface area contributed by atoms with Crippen molar-refractivity contribution in [2.24, 2.45) is 0 Å². The van der Waals surface area contributed by atoms with Gasteiger partial charge < -0.3 is 24.8 Å². The molecule has 13 heteroatoms. The third kappa shape index (κ3) is 12.7. The number of aromatic amines is 1. The zero-order chi connectivity index (χ0) is 30.7. The summed E-state index contributed by atoms with van der Waals surface area (Å²) in [6.07, 6.45) is 5.76. The van der Waals surface area contributed by atoms with E-state index in [-0.39, 0.29) is 24.8 Å². The lowest BCUT2D eigenvalue weighted by Gasteiger charge is -2.18. The highest BCUT2D eigenvalue weighted by molar-refractivity contribution is 5.81. The Morgan fingerprint density at radius 2 is 1.62 bits per heavy atom. The predicted molar refractivity (Wildman–Crippen MR) is 154 cm³/mol. The minimum atomic E-state index is -1.82. The molecule has 1 aliphatic heterocycles. The smallest absolute Gasteiger partial charge is 0.407 e. The van der Waals surface area contributed by atoms with Crippen molar-refractivity contribution >= 4 is 18.0 Å². The zero-order valence-electron chi connectivity index (χ0n) is 24.9. The van der Waals surface area contributed by atoms with Crippen LogP contribution in [-0.2, 0) is 23.8 Å². The largest absolute Gasteiger partial charge is 0.456 e. The normalized spacial score (nSPS) is 19.8. The number of H-pyrrole nitrogens is 1. The monoisotopic (exact) mass is 598 g/mol. The molecular formula is C29H47FN4O8. The molecule has 0 aromatic carbocycles. The third-order valence-corrected chi connectivity index (χ3v) is 7.04. The number of esters is 1. The van der Waals surface area contributed by atoms with Crippen LogP contribution in [0.4, 0.5) is 9.18 Å². The molecule has 1 unspecified atom stereocenters. The van der Waals surface area contributed by atoms with Crippen molar-refractivity contribution in [2.45, 2.75) is 122 Å². The van der Waals surface area contributed by atoms with Gasteiger partial charge in [0.05, 0.1) is 13.0 Å². The second-order valence-electron chi connectivity index (χ2n) is 10.5. The maximum absolute atomic E-state index is 15.1. The maximum Gasteiger partial charge on any atom is 0.407 e. The Morgan fingerprint density at radius 3 is 2.29 bits per heavy atom. The van der Waals surface area contributed by atoms with Gasteiger partial charge in [0.2, 0.25) is 5.91 Å². The van der Waals surface area contributed by atoms with Crippen LogP contribution in [0, 0.1) is 0 Å². The van der Waals surface area contributed by atoms with Crippen LogP contribution < -0.4 is 21.9 Å². The number of hydrogen-bond donors (Lipinski definition) is 3. The number of rotatable bonds is 20. The number of nitrogens with zero attached hydrogens (tertiary/aromatic N) is 1. The Balaban J connectivity index is 1.51. The van der Waals surface area contributed by atoms with Gasteiger partial charge in [-0.15, -0.1) is 0 Å². The van der Waals surface area contributed by atoms with Crippen molar-refractivity contribution < 1.29 is 33.0 Å². The van der Waals surface area contributed by atoms with Gasteiger partial charge in [-0.05, 0) is 25.7 Å². The van der Waals surface area contributed by atoms with Crippen LogP contribution in [0.3, 0.4) is 0 Å². The van der Waals surface area contributed by atoms with Crippen molar-refractivity contribution in [2.75, 3.05) is 19.7 Å². The van der Waals surface area contributed by atoms with Crippen molar-refractivity contribution in [3.05, 3.63) is 33.1 Å². The summed E-state index contributed by atoms with van der Waals surface area (Å²) in [7, 11) is 0. The number of unbranched alkanes of at least 4 members (excludes halogenated alkanes) is 8. The van der Waals surface area contributed by atoms with E-state index >= 15 is 4.39 Å². The molecule has 238 valence electrons. The number of amides is 2. The third-order valence-electron chi connectivity index (χ3n) is 7.04. The molecule has 3 N–H and O–H groups in total. The number of ether oxygens (including phenoxy) is 3. The van der Waals surface area contributed by atoms with Gasteiger partial charge in [0.15, 0.2) is 18.5 Å². The van der Waals surface area contributed by atoms with Crippen molar-refractivity contribution in [3.63, 3.8) is 0 Å². The lowest BCUT2D eigenvalue weighted by Crippen LogP contribution is -2.37. The Bertz CT molecular complexity index is 1080. The Labute approximate surface area is 246 Å². The number of carbonyl (C=O) groups excluding carboxylic acids is 3. The molecule has 2 amide bonds. The van der Waals surface area contributed by atoms with Gasteiger partial charge in [0.25, 0.3) is 5.56 Å². The highest BCUT2D eigenvalue weighted by atomic mass is 19.1. The number of hydrogen-bond acceptors (Lipinski definition) is 8. The quantitative estimate of drug-likeness (QED) is 0.152. The molecule has 0 bridgehead atoms. The number of carbonyl (C=O) groups is 3. The molecule has 0 radical (unpaired) electrons. The van der Waals surface area contributed by atoms with Crippen LogP contribution in [0.5, 0.6) is 0 Å². The Kier molecular flexibility index (Phi) is 16.5. The summed E-state index contributed by atoms with van der Waals surface area (Å²) in [5.74, 6) is -1.01. The summed E-state index contributed by atoms with van der Waals surface area (Å²) in [6, 6.07) is 1.08. The summed E-state index contributed by atoms with van der Waals surface area (Å²) in [5, 5.41) is 5.51. The van der Waals surface area contributed by atoms with E-state index in [9.17, 15) is 24.0 Å². The fourth-order valence-corrected chi connectivity index (χ4v) is 4.63. The summed E-state index contributed by atoms with van der Waals surface area (Å²) in [4.78, 5) is 61.3. The minimum Gasteiger partial charge on any atom is -0.456 e. The maximum atomic E-state index is 15.1. The fraction of sp³-hybridized carbons (Fsp3) is 0.759. The Morgan fingerprint density at radius 1 is 0.952 bits per heavy atom. The average Bonchev–Trinajstić information content (AvgIpc) is 3.27. The van der Waals surface area contributed by atoms with Gasteiger partial charge >= 0.3 is 17.8 Å². The van der Waals surface area contributed by atoms with Gasteiger partial charge in [0, 0.05) is 31.8 Å². The van der Waals surface area contributed by atoms with Crippen molar-refractivity contribution in [3.8, 4) is 0 Å². The molecule has 42 heavy (non-hydrogen) atoms. The van der Waals surface area contributed by atoms with E-state index in [0.717, 1.165) is 81.0 Å². The van der Waals surface area contributed by atoms with Crippen LogP contribution in [0.2, 0.25) is 0 Å². The summed E-state index contributed by atoms with van der Waals surface area (Å²) < 4.78 is 32.1. The molecule has 2 rings (SSSR count).